The lowest BCUT2D eigenvalue weighted by molar-refractivity contribution is 0.490. The number of rotatable bonds is 1. The van der Waals surface area contributed by atoms with Crippen molar-refractivity contribution in [2.45, 2.75) is 13.3 Å². The van der Waals surface area contributed by atoms with Gasteiger partial charge in [0.1, 0.15) is 5.82 Å². The summed E-state index contributed by atoms with van der Waals surface area (Å²) in [5, 5.41) is 0. The van der Waals surface area contributed by atoms with E-state index < -0.39 is 17.5 Å². The van der Waals surface area contributed by atoms with Crippen LogP contribution in [0.4, 0.5) is 13.2 Å². The maximum absolute atomic E-state index is 12.6. The average Bonchev–Trinajstić information content (AvgIpc) is 1.97. The Morgan fingerprint density at radius 3 is 2.00 bits per heavy atom. The van der Waals surface area contributed by atoms with Gasteiger partial charge in [0, 0.05) is 6.07 Å². The topological polar surface area (TPSA) is 0 Å². The van der Waals surface area contributed by atoms with Gasteiger partial charge in [-0.05, 0) is 18.1 Å². The van der Waals surface area contributed by atoms with Gasteiger partial charge in [-0.25, -0.2) is 13.2 Å². The van der Waals surface area contributed by atoms with Crippen LogP contribution in [0.15, 0.2) is 12.1 Å². The van der Waals surface area contributed by atoms with E-state index in [1.807, 2.05) is 0 Å². The van der Waals surface area contributed by atoms with Crippen molar-refractivity contribution in [1.82, 2.24) is 0 Å². The smallest absolute Gasteiger partial charge is 0.161 e. The van der Waals surface area contributed by atoms with Crippen molar-refractivity contribution in [3.05, 3.63) is 35.1 Å². The Morgan fingerprint density at radius 1 is 1.00 bits per heavy atom. The molecule has 0 saturated heterocycles. The Morgan fingerprint density at radius 2 is 1.50 bits per heavy atom. The van der Waals surface area contributed by atoms with Gasteiger partial charge < -0.3 is 0 Å². The summed E-state index contributed by atoms with van der Waals surface area (Å²) in [4.78, 5) is 0. The summed E-state index contributed by atoms with van der Waals surface area (Å²) in [7, 11) is 0. The molecule has 0 aromatic heterocycles. The van der Waals surface area contributed by atoms with Gasteiger partial charge in [0.2, 0.25) is 0 Å². The predicted molar refractivity (Wildman–Crippen MR) is 51.1 cm³/mol. The van der Waals surface area contributed by atoms with E-state index in [-0.39, 0.29) is 29.5 Å². The van der Waals surface area contributed by atoms with Crippen LogP contribution in [0.1, 0.15) is 12.5 Å². The van der Waals surface area contributed by atoms with E-state index in [1.165, 1.54) is 0 Å². The molecule has 0 unspecified atom stereocenters. The first-order chi connectivity index (χ1) is 5.15. The molecular weight excluding hydrogens is 280 g/mol. The molecule has 0 atom stereocenters. The number of hydrogen-bond donors (Lipinski definition) is 0. The molecule has 12 heavy (non-hydrogen) atoms. The molecule has 0 aliphatic rings. The highest BCUT2D eigenvalue weighted by Crippen LogP contribution is 2.13. The first kappa shape index (κ1) is 11.7. The third-order valence-corrected chi connectivity index (χ3v) is 1.47. The highest BCUT2D eigenvalue weighted by molar-refractivity contribution is 14.0. The van der Waals surface area contributed by atoms with E-state index in [2.05, 4.69) is 0 Å². The fourth-order valence-electron chi connectivity index (χ4n) is 0.835. The van der Waals surface area contributed by atoms with Crippen molar-refractivity contribution >= 4 is 24.0 Å². The minimum Gasteiger partial charge on any atom is -0.207 e. The molecular formula is C8H8F3I. The molecule has 4 heteroatoms. The summed E-state index contributed by atoms with van der Waals surface area (Å²) < 4.78 is 37.3. The fraction of sp³-hybridized carbons (Fsp3) is 0.250. The highest BCUT2D eigenvalue weighted by Gasteiger charge is 2.07. The summed E-state index contributed by atoms with van der Waals surface area (Å²) in [6.07, 6.45) is 0.364. The molecule has 1 aromatic carbocycles. The van der Waals surface area contributed by atoms with Crippen LogP contribution in [0.2, 0.25) is 0 Å². The Balaban J connectivity index is 0.00000121. The van der Waals surface area contributed by atoms with Crippen LogP contribution in [0, 0.1) is 17.5 Å². The van der Waals surface area contributed by atoms with Crippen LogP contribution in [-0.4, -0.2) is 0 Å². The number of aryl methyl sites for hydroxylation is 1. The normalized spacial score (nSPS) is 9.33. The lowest BCUT2D eigenvalue weighted by Crippen LogP contribution is -1.92. The van der Waals surface area contributed by atoms with Crippen molar-refractivity contribution in [2.75, 3.05) is 0 Å². The molecule has 0 radical (unpaired) electrons. The molecule has 68 valence electrons. The quantitative estimate of drug-likeness (QED) is 0.549. The number of hydrogen-bond acceptors (Lipinski definition) is 0. The third-order valence-electron chi connectivity index (χ3n) is 1.47. The molecule has 1 aromatic rings. The molecule has 0 aliphatic heterocycles. The largest absolute Gasteiger partial charge is 0.207 e. The summed E-state index contributed by atoms with van der Waals surface area (Å²) in [6, 6.07) is 1.44. The van der Waals surface area contributed by atoms with Gasteiger partial charge >= 0.3 is 0 Å². The molecule has 0 saturated carbocycles. The Hall–Kier alpha value is -0.260. The van der Waals surface area contributed by atoms with E-state index in [0.717, 1.165) is 6.07 Å². The van der Waals surface area contributed by atoms with Gasteiger partial charge in [-0.15, -0.1) is 24.0 Å². The van der Waals surface area contributed by atoms with E-state index >= 15 is 0 Å². The molecule has 0 amide bonds. The second kappa shape index (κ2) is 4.69. The van der Waals surface area contributed by atoms with Crippen molar-refractivity contribution in [1.29, 1.82) is 0 Å². The van der Waals surface area contributed by atoms with Crippen molar-refractivity contribution in [2.24, 2.45) is 0 Å². The van der Waals surface area contributed by atoms with Crippen molar-refractivity contribution in [3.8, 4) is 0 Å². The van der Waals surface area contributed by atoms with Gasteiger partial charge in [-0.3, -0.25) is 0 Å². The third kappa shape index (κ3) is 2.36. The number of halogens is 4. The minimum atomic E-state index is -1.14. The van der Waals surface area contributed by atoms with Gasteiger partial charge in [-0.2, -0.15) is 0 Å². The maximum atomic E-state index is 12.6. The molecule has 0 N–H and O–H groups in total. The minimum absolute atomic E-state index is 0. The van der Waals surface area contributed by atoms with Crippen LogP contribution in [0.3, 0.4) is 0 Å². The Labute approximate surface area is 85.8 Å². The zero-order valence-electron chi connectivity index (χ0n) is 6.40. The zero-order valence-corrected chi connectivity index (χ0v) is 8.73. The zero-order chi connectivity index (χ0) is 8.43. The number of benzene rings is 1. The first-order valence-corrected chi connectivity index (χ1v) is 3.28. The van der Waals surface area contributed by atoms with Crippen LogP contribution in [0.5, 0.6) is 0 Å². The first-order valence-electron chi connectivity index (χ1n) is 3.28. The van der Waals surface area contributed by atoms with Crippen LogP contribution >= 0.6 is 24.0 Å². The Kier molecular flexibility index (Phi) is 4.59. The maximum Gasteiger partial charge on any atom is 0.161 e. The molecule has 0 fully saturated rings. The predicted octanol–water partition coefficient (Wildman–Crippen LogP) is 3.28. The average molecular weight is 288 g/mol. The van der Waals surface area contributed by atoms with Crippen LogP contribution in [-0.2, 0) is 6.42 Å². The SMILES string of the molecule is CCc1cc(F)c(F)cc1F.I. The van der Waals surface area contributed by atoms with Crippen LogP contribution < -0.4 is 0 Å². The molecule has 0 aliphatic carbocycles. The van der Waals surface area contributed by atoms with Crippen molar-refractivity contribution < 1.29 is 13.2 Å². The standard InChI is InChI=1S/C8H7F3.HI/c1-2-5-3-7(10)8(11)4-6(5)9;/h3-4H,2H2,1H3;1H. The van der Waals surface area contributed by atoms with E-state index in [9.17, 15) is 13.2 Å². The van der Waals surface area contributed by atoms with Gasteiger partial charge in [-0.1, -0.05) is 6.92 Å². The van der Waals surface area contributed by atoms with E-state index in [0.29, 0.717) is 12.5 Å². The van der Waals surface area contributed by atoms with E-state index in [1.54, 1.807) is 6.92 Å². The van der Waals surface area contributed by atoms with Gasteiger partial charge in [0.05, 0.1) is 0 Å². The fourth-order valence-corrected chi connectivity index (χ4v) is 0.835. The van der Waals surface area contributed by atoms with E-state index in [4.69, 9.17) is 0 Å². The summed E-state index contributed by atoms with van der Waals surface area (Å²) >= 11 is 0. The van der Waals surface area contributed by atoms with Gasteiger partial charge in [0.25, 0.3) is 0 Å². The summed E-state index contributed by atoms with van der Waals surface area (Å²) in [6.45, 7) is 1.68. The molecule has 0 bridgehead atoms. The Bertz CT molecular complexity index is 273. The second-order valence-corrected chi connectivity index (χ2v) is 2.21. The second-order valence-electron chi connectivity index (χ2n) is 2.21. The molecule has 0 nitrogen and oxygen atoms in total. The van der Waals surface area contributed by atoms with Gasteiger partial charge in [0.15, 0.2) is 11.6 Å². The van der Waals surface area contributed by atoms with Crippen molar-refractivity contribution in [3.63, 3.8) is 0 Å². The lowest BCUT2D eigenvalue weighted by Gasteiger charge is -1.99. The lowest BCUT2D eigenvalue weighted by atomic mass is 10.1. The molecule has 1 rings (SSSR count). The molecule has 0 heterocycles. The monoisotopic (exact) mass is 288 g/mol. The van der Waals surface area contributed by atoms with Crippen LogP contribution in [0.25, 0.3) is 0 Å². The highest BCUT2D eigenvalue weighted by atomic mass is 127. The molecule has 0 spiro atoms. The summed E-state index contributed by atoms with van der Waals surface area (Å²) in [5.74, 6) is -2.82. The summed E-state index contributed by atoms with van der Waals surface area (Å²) in [5.41, 5.74) is 0.198.